The molecule has 1 saturated heterocycles. The molecule has 0 spiro atoms. The van der Waals surface area contributed by atoms with Crippen LogP contribution in [0.5, 0.6) is 0 Å². The Morgan fingerprint density at radius 2 is 2.23 bits per heavy atom. The van der Waals surface area contributed by atoms with Gasteiger partial charge in [0.15, 0.2) is 0 Å². The second kappa shape index (κ2) is 8.40. The van der Waals surface area contributed by atoms with Crippen LogP contribution in [0.1, 0.15) is 41.1 Å². The van der Waals surface area contributed by atoms with Crippen LogP contribution < -0.4 is 5.56 Å². The molecule has 1 fully saturated rings. The Hall–Kier alpha value is -2.77. The predicted molar refractivity (Wildman–Crippen MR) is 119 cm³/mol. The zero-order valence-electron chi connectivity index (χ0n) is 18.2. The fourth-order valence-corrected chi connectivity index (χ4v) is 4.81. The number of H-pyrrole nitrogens is 1. The molecule has 2 aliphatic heterocycles. The van der Waals surface area contributed by atoms with Crippen LogP contribution >= 0.6 is 0 Å². The Balaban J connectivity index is 1.35. The molecule has 1 atom stereocenters. The van der Waals surface area contributed by atoms with Crippen LogP contribution in [0.4, 0.5) is 0 Å². The van der Waals surface area contributed by atoms with E-state index in [1.165, 1.54) is 17.0 Å². The molecular weight excluding hydrogens is 390 g/mol. The number of nitrogens with one attached hydrogen (secondary N) is 1. The second-order valence-corrected chi connectivity index (χ2v) is 8.68. The molecule has 31 heavy (non-hydrogen) atoms. The standard InChI is InChI=1S/C24H29N5O2/c1-16-11-19(17(2)29(16)14-20-6-4-10-31-20)13-28-9-7-21-22(15-28)26-23(27-24(21)30)18-5-3-8-25-12-18/h3,5,8,11-12,20H,4,6-7,9-10,13-15H2,1-2H3,(H,26,27,30). The Morgan fingerprint density at radius 3 is 3.00 bits per heavy atom. The smallest absolute Gasteiger partial charge is 0.254 e. The summed E-state index contributed by atoms with van der Waals surface area (Å²) < 4.78 is 8.24. The zero-order chi connectivity index (χ0) is 21.4. The van der Waals surface area contributed by atoms with Crippen LogP contribution in [0.15, 0.2) is 35.4 Å². The molecule has 7 heteroatoms. The Bertz CT molecular complexity index is 1130. The van der Waals surface area contributed by atoms with Crippen molar-refractivity contribution in [2.75, 3.05) is 13.2 Å². The number of rotatable bonds is 5. The lowest BCUT2D eigenvalue weighted by Crippen LogP contribution is -2.35. The number of aromatic nitrogens is 4. The number of pyridine rings is 1. The quantitative estimate of drug-likeness (QED) is 0.688. The van der Waals surface area contributed by atoms with Crippen LogP contribution in [-0.4, -0.2) is 43.7 Å². The lowest BCUT2D eigenvalue weighted by Gasteiger charge is -2.27. The first-order chi connectivity index (χ1) is 15.1. The minimum atomic E-state index is -0.0294. The lowest BCUT2D eigenvalue weighted by atomic mass is 10.1. The van der Waals surface area contributed by atoms with Crippen LogP contribution in [0.25, 0.3) is 11.4 Å². The van der Waals surface area contributed by atoms with Gasteiger partial charge < -0.3 is 14.3 Å². The summed E-state index contributed by atoms with van der Waals surface area (Å²) in [6.07, 6.45) is 6.82. The van der Waals surface area contributed by atoms with Crippen molar-refractivity contribution < 1.29 is 4.74 Å². The summed E-state index contributed by atoms with van der Waals surface area (Å²) in [4.78, 5) is 26.9. The molecule has 3 aromatic rings. The van der Waals surface area contributed by atoms with Gasteiger partial charge in [-0.05, 0) is 56.9 Å². The van der Waals surface area contributed by atoms with Gasteiger partial charge in [-0.15, -0.1) is 0 Å². The van der Waals surface area contributed by atoms with Crippen molar-refractivity contribution >= 4 is 0 Å². The van der Waals surface area contributed by atoms with Gasteiger partial charge in [0, 0.05) is 67.7 Å². The maximum Gasteiger partial charge on any atom is 0.254 e. The van der Waals surface area contributed by atoms with Gasteiger partial charge in [-0.1, -0.05) is 0 Å². The van der Waals surface area contributed by atoms with Crippen molar-refractivity contribution in [3.8, 4) is 11.4 Å². The Morgan fingerprint density at radius 1 is 1.32 bits per heavy atom. The number of fused-ring (bicyclic) bond motifs is 1. The fourth-order valence-electron chi connectivity index (χ4n) is 4.81. The molecule has 162 valence electrons. The van der Waals surface area contributed by atoms with E-state index in [1.54, 1.807) is 12.4 Å². The summed E-state index contributed by atoms with van der Waals surface area (Å²) in [6.45, 7) is 8.61. The molecule has 2 aliphatic rings. The third-order valence-corrected chi connectivity index (χ3v) is 6.57. The maximum atomic E-state index is 12.6. The summed E-state index contributed by atoms with van der Waals surface area (Å²) in [7, 11) is 0. The summed E-state index contributed by atoms with van der Waals surface area (Å²) in [5.74, 6) is 0.591. The first-order valence-electron chi connectivity index (χ1n) is 11.1. The zero-order valence-corrected chi connectivity index (χ0v) is 18.2. The second-order valence-electron chi connectivity index (χ2n) is 8.68. The first-order valence-corrected chi connectivity index (χ1v) is 11.1. The number of ether oxygens (including phenoxy) is 1. The summed E-state index contributed by atoms with van der Waals surface area (Å²) in [5.41, 5.74) is 6.43. The summed E-state index contributed by atoms with van der Waals surface area (Å²) in [5, 5.41) is 0. The highest BCUT2D eigenvalue weighted by Crippen LogP contribution is 2.24. The number of aromatic amines is 1. The van der Waals surface area contributed by atoms with Crippen molar-refractivity contribution in [3.05, 3.63) is 69.2 Å². The van der Waals surface area contributed by atoms with Crippen molar-refractivity contribution in [2.45, 2.75) is 58.8 Å². The van der Waals surface area contributed by atoms with Gasteiger partial charge >= 0.3 is 0 Å². The average Bonchev–Trinajstić information content (AvgIpc) is 3.38. The van der Waals surface area contributed by atoms with Crippen LogP contribution in [0, 0.1) is 13.8 Å². The van der Waals surface area contributed by atoms with Crippen molar-refractivity contribution in [1.29, 1.82) is 0 Å². The van der Waals surface area contributed by atoms with Crippen molar-refractivity contribution in [2.24, 2.45) is 0 Å². The van der Waals surface area contributed by atoms with E-state index in [-0.39, 0.29) is 5.56 Å². The number of hydrogen-bond donors (Lipinski definition) is 1. The maximum absolute atomic E-state index is 12.6. The van der Waals surface area contributed by atoms with Crippen molar-refractivity contribution in [1.82, 2.24) is 24.4 Å². The molecule has 5 heterocycles. The van der Waals surface area contributed by atoms with E-state index in [1.807, 2.05) is 12.1 Å². The Labute approximate surface area is 182 Å². The molecule has 0 saturated carbocycles. The predicted octanol–water partition coefficient (Wildman–Crippen LogP) is 2.99. The SMILES string of the molecule is Cc1cc(CN2CCc3c(nc(-c4cccnc4)[nH]c3=O)C2)c(C)n1CC1CCCO1. The molecule has 0 bridgehead atoms. The van der Waals surface area contributed by atoms with E-state index in [0.29, 0.717) is 18.5 Å². The van der Waals surface area contributed by atoms with Crippen LogP contribution in [0.2, 0.25) is 0 Å². The first kappa shape index (κ1) is 20.2. The van der Waals surface area contributed by atoms with E-state index in [2.05, 4.69) is 39.3 Å². The van der Waals surface area contributed by atoms with E-state index in [4.69, 9.17) is 9.72 Å². The number of aryl methyl sites for hydroxylation is 1. The van der Waals surface area contributed by atoms with E-state index in [9.17, 15) is 4.79 Å². The molecule has 0 aromatic carbocycles. The van der Waals surface area contributed by atoms with Gasteiger partial charge in [-0.25, -0.2) is 4.98 Å². The number of hydrogen-bond acceptors (Lipinski definition) is 5. The molecule has 1 N–H and O–H groups in total. The summed E-state index contributed by atoms with van der Waals surface area (Å²) >= 11 is 0. The van der Waals surface area contributed by atoms with Crippen LogP contribution in [-0.2, 0) is 30.8 Å². The molecular formula is C24H29N5O2. The van der Waals surface area contributed by atoms with Gasteiger partial charge in [0.2, 0.25) is 0 Å². The van der Waals surface area contributed by atoms with Crippen molar-refractivity contribution in [3.63, 3.8) is 0 Å². The molecule has 0 radical (unpaired) electrons. The molecule has 0 amide bonds. The topological polar surface area (TPSA) is 76.0 Å². The van der Waals surface area contributed by atoms with Gasteiger partial charge in [-0.3, -0.25) is 14.7 Å². The van der Waals surface area contributed by atoms with Gasteiger partial charge in [0.25, 0.3) is 5.56 Å². The highest BCUT2D eigenvalue weighted by molar-refractivity contribution is 5.53. The largest absolute Gasteiger partial charge is 0.376 e. The number of nitrogens with zero attached hydrogens (tertiary/aromatic N) is 4. The third-order valence-electron chi connectivity index (χ3n) is 6.57. The minimum Gasteiger partial charge on any atom is -0.376 e. The van der Waals surface area contributed by atoms with Crippen LogP contribution in [0.3, 0.4) is 0 Å². The molecule has 7 nitrogen and oxygen atoms in total. The Kier molecular flexibility index (Phi) is 5.46. The van der Waals surface area contributed by atoms with E-state index >= 15 is 0 Å². The fraction of sp³-hybridized carbons (Fsp3) is 0.458. The monoisotopic (exact) mass is 419 g/mol. The minimum absolute atomic E-state index is 0.0294. The van der Waals surface area contributed by atoms with Gasteiger partial charge in [0.05, 0.1) is 11.8 Å². The van der Waals surface area contributed by atoms with Gasteiger partial charge in [0.1, 0.15) is 5.82 Å². The normalized spacial score (nSPS) is 19.0. The molecule has 5 rings (SSSR count). The van der Waals surface area contributed by atoms with Gasteiger partial charge in [-0.2, -0.15) is 0 Å². The third kappa shape index (κ3) is 4.07. The molecule has 0 aliphatic carbocycles. The molecule has 1 unspecified atom stereocenters. The van der Waals surface area contributed by atoms with E-state index < -0.39 is 0 Å². The van der Waals surface area contributed by atoms with E-state index in [0.717, 1.165) is 62.3 Å². The lowest BCUT2D eigenvalue weighted by molar-refractivity contribution is 0.0961. The highest BCUT2D eigenvalue weighted by atomic mass is 16.5. The summed E-state index contributed by atoms with van der Waals surface area (Å²) in [6, 6.07) is 6.07. The molecule has 3 aromatic heterocycles. The average molecular weight is 420 g/mol. The highest BCUT2D eigenvalue weighted by Gasteiger charge is 2.24.